The van der Waals surface area contributed by atoms with Crippen LogP contribution in [0.2, 0.25) is 5.02 Å². The fraction of sp³-hybridized carbons (Fsp3) is 0.385. The molecule has 4 rings (SSSR count). The predicted octanol–water partition coefficient (Wildman–Crippen LogP) is 4.63. The second kappa shape index (κ2) is 10.1. The van der Waals surface area contributed by atoms with Crippen molar-refractivity contribution in [1.82, 2.24) is 10.2 Å². The lowest BCUT2D eigenvalue weighted by molar-refractivity contribution is -0.117. The van der Waals surface area contributed by atoms with Crippen molar-refractivity contribution >= 4 is 23.2 Å². The number of carbonyl (C=O) groups excluding carboxylic acids is 1. The first-order valence-corrected chi connectivity index (χ1v) is 11.7. The number of piperazine rings is 1. The summed E-state index contributed by atoms with van der Waals surface area (Å²) >= 11 is 6.11. The second-order valence-corrected chi connectivity index (χ2v) is 9.02. The van der Waals surface area contributed by atoms with E-state index >= 15 is 0 Å². The number of rotatable bonds is 5. The van der Waals surface area contributed by atoms with Crippen molar-refractivity contribution in [2.24, 2.45) is 0 Å². The number of benzene rings is 2. The molecule has 0 bridgehead atoms. The standard InChI is InChI=1S/C26H29ClN4O/c1-19(21-10-9-20-5-2-3-6-22(20)15-21)29-26(32)23(17-28)18-30-11-13-31(14-12-30)25-8-4-7-24(27)16-25/h4,7-10,15-16,18-19H,2-3,5-6,11-14H2,1H3,(H,29,32)/b23-18-. The molecule has 1 amide bonds. The maximum atomic E-state index is 12.8. The number of halogens is 1. The Labute approximate surface area is 195 Å². The van der Waals surface area contributed by atoms with E-state index in [1.807, 2.05) is 36.1 Å². The van der Waals surface area contributed by atoms with Gasteiger partial charge in [-0.15, -0.1) is 0 Å². The number of hydrogen-bond donors (Lipinski definition) is 1. The summed E-state index contributed by atoms with van der Waals surface area (Å²) in [6.45, 7) is 5.07. The molecular formula is C26H29ClN4O. The zero-order chi connectivity index (χ0) is 22.5. The van der Waals surface area contributed by atoms with Crippen LogP contribution in [0.1, 0.15) is 42.5 Å². The average Bonchev–Trinajstić information content (AvgIpc) is 2.82. The van der Waals surface area contributed by atoms with Gasteiger partial charge in [-0.3, -0.25) is 4.79 Å². The molecule has 1 heterocycles. The fourth-order valence-electron chi connectivity index (χ4n) is 4.48. The van der Waals surface area contributed by atoms with Crippen LogP contribution in [0.25, 0.3) is 0 Å². The number of fused-ring (bicyclic) bond motifs is 1. The van der Waals surface area contributed by atoms with Crippen LogP contribution < -0.4 is 10.2 Å². The van der Waals surface area contributed by atoms with Gasteiger partial charge in [0.05, 0.1) is 6.04 Å². The SMILES string of the molecule is CC(NC(=O)/C(C#N)=C\N1CCN(c2cccc(Cl)c2)CC1)c1ccc2c(c1)CCCC2. The van der Waals surface area contributed by atoms with Crippen molar-refractivity contribution < 1.29 is 4.79 Å². The molecule has 5 nitrogen and oxygen atoms in total. The third kappa shape index (κ3) is 5.26. The van der Waals surface area contributed by atoms with Crippen molar-refractivity contribution in [2.45, 2.75) is 38.6 Å². The van der Waals surface area contributed by atoms with Gasteiger partial charge in [-0.05, 0) is 67.5 Å². The number of aryl methyl sites for hydroxylation is 2. The summed E-state index contributed by atoms with van der Waals surface area (Å²) in [5, 5.41) is 13.3. The van der Waals surface area contributed by atoms with Crippen LogP contribution in [0.4, 0.5) is 5.69 Å². The molecule has 1 saturated heterocycles. The minimum Gasteiger partial charge on any atom is -0.373 e. The van der Waals surface area contributed by atoms with Crippen LogP contribution in [0, 0.1) is 11.3 Å². The molecular weight excluding hydrogens is 420 g/mol. The van der Waals surface area contributed by atoms with Gasteiger partial charge < -0.3 is 15.1 Å². The Hall–Kier alpha value is -2.97. The van der Waals surface area contributed by atoms with E-state index in [1.165, 1.54) is 24.0 Å². The number of anilines is 1. The molecule has 1 unspecified atom stereocenters. The van der Waals surface area contributed by atoms with Crippen LogP contribution in [0.5, 0.6) is 0 Å². The van der Waals surface area contributed by atoms with Gasteiger partial charge in [0, 0.05) is 43.1 Å². The molecule has 0 aromatic heterocycles. The number of nitrogens with one attached hydrogen (secondary N) is 1. The van der Waals surface area contributed by atoms with E-state index in [9.17, 15) is 10.1 Å². The van der Waals surface area contributed by atoms with E-state index in [1.54, 1.807) is 6.20 Å². The van der Waals surface area contributed by atoms with E-state index < -0.39 is 0 Å². The van der Waals surface area contributed by atoms with E-state index in [4.69, 9.17) is 11.6 Å². The largest absolute Gasteiger partial charge is 0.373 e. The minimum atomic E-state index is -0.324. The molecule has 1 atom stereocenters. The molecule has 2 aromatic carbocycles. The molecule has 1 fully saturated rings. The first-order chi connectivity index (χ1) is 15.5. The first kappa shape index (κ1) is 22.2. The van der Waals surface area contributed by atoms with Gasteiger partial charge in [0.1, 0.15) is 11.6 Å². The summed E-state index contributed by atoms with van der Waals surface area (Å²) in [4.78, 5) is 17.1. The highest BCUT2D eigenvalue weighted by atomic mass is 35.5. The third-order valence-electron chi connectivity index (χ3n) is 6.38. The van der Waals surface area contributed by atoms with Crippen LogP contribution in [0.3, 0.4) is 0 Å². The Morgan fingerprint density at radius 2 is 1.84 bits per heavy atom. The topological polar surface area (TPSA) is 59.4 Å². The van der Waals surface area contributed by atoms with Crippen molar-refractivity contribution in [3.63, 3.8) is 0 Å². The summed E-state index contributed by atoms with van der Waals surface area (Å²) in [5.74, 6) is -0.324. The zero-order valence-corrected chi connectivity index (χ0v) is 19.2. The van der Waals surface area contributed by atoms with Gasteiger partial charge in [0.25, 0.3) is 5.91 Å². The van der Waals surface area contributed by atoms with Gasteiger partial charge >= 0.3 is 0 Å². The predicted molar refractivity (Wildman–Crippen MR) is 129 cm³/mol. The lowest BCUT2D eigenvalue weighted by Crippen LogP contribution is -2.44. The normalized spacial score (nSPS) is 17.3. The molecule has 0 spiro atoms. The zero-order valence-electron chi connectivity index (χ0n) is 18.5. The Morgan fingerprint density at radius 1 is 1.09 bits per heavy atom. The van der Waals surface area contributed by atoms with Gasteiger partial charge in [-0.25, -0.2) is 0 Å². The van der Waals surface area contributed by atoms with E-state index in [0.29, 0.717) is 0 Å². The van der Waals surface area contributed by atoms with E-state index in [2.05, 4.69) is 34.5 Å². The van der Waals surface area contributed by atoms with E-state index in [0.717, 1.165) is 55.3 Å². The van der Waals surface area contributed by atoms with Crippen LogP contribution in [-0.4, -0.2) is 37.0 Å². The second-order valence-electron chi connectivity index (χ2n) is 8.59. The summed E-state index contributed by atoms with van der Waals surface area (Å²) in [5.41, 5.74) is 5.15. The van der Waals surface area contributed by atoms with Gasteiger partial charge in [0.15, 0.2) is 0 Å². The first-order valence-electron chi connectivity index (χ1n) is 11.3. The van der Waals surface area contributed by atoms with Crippen molar-refractivity contribution in [3.8, 4) is 6.07 Å². The molecule has 6 heteroatoms. The van der Waals surface area contributed by atoms with Gasteiger partial charge in [0.2, 0.25) is 0 Å². The average molecular weight is 449 g/mol. The molecule has 1 aliphatic carbocycles. The van der Waals surface area contributed by atoms with Crippen molar-refractivity contribution in [1.29, 1.82) is 5.26 Å². The summed E-state index contributed by atoms with van der Waals surface area (Å²) < 4.78 is 0. The quantitative estimate of drug-likeness (QED) is 0.535. The summed E-state index contributed by atoms with van der Waals surface area (Å²) in [6, 6.07) is 16.3. The summed E-state index contributed by atoms with van der Waals surface area (Å²) in [7, 11) is 0. The Bertz CT molecular complexity index is 1050. The number of nitrogens with zero attached hydrogens (tertiary/aromatic N) is 3. The molecule has 0 saturated carbocycles. The highest BCUT2D eigenvalue weighted by molar-refractivity contribution is 6.30. The third-order valence-corrected chi connectivity index (χ3v) is 6.62. The lowest BCUT2D eigenvalue weighted by atomic mass is 9.89. The molecule has 1 N–H and O–H groups in total. The highest BCUT2D eigenvalue weighted by Crippen LogP contribution is 2.25. The fourth-order valence-corrected chi connectivity index (χ4v) is 4.67. The molecule has 32 heavy (non-hydrogen) atoms. The monoisotopic (exact) mass is 448 g/mol. The molecule has 0 radical (unpaired) electrons. The molecule has 166 valence electrons. The number of amides is 1. The van der Waals surface area contributed by atoms with Crippen LogP contribution in [0.15, 0.2) is 54.2 Å². The van der Waals surface area contributed by atoms with Crippen LogP contribution >= 0.6 is 11.6 Å². The van der Waals surface area contributed by atoms with Gasteiger partial charge in [-0.2, -0.15) is 5.26 Å². The van der Waals surface area contributed by atoms with Crippen molar-refractivity contribution in [3.05, 3.63) is 76.0 Å². The molecule has 2 aliphatic rings. The Morgan fingerprint density at radius 3 is 2.56 bits per heavy atom. The van der Waals surface area contributed by atoms with Gasteiger partial charge in [-0.1, -0.05) is 35.9 Å². The maximum absolute atomic E-state index is 12.8. The lowest BCUT2D eigenvalue weighted by Gasteiger charge is -2.35. The Kier molecular flexibility index (Phi) is 7.02. The smallest absolute Gasteiger partial charge is 0.263 e. The highest BCUT2D eigenvalue weighted by Gasteiger charge is 2.20. The van der Waals surface area contributed by atoms with Crippen LogP contribution in [-0.2, 0) is 17.6 Å². The van der Waals surface area contributed by atoms with E-state index in [-0.39, 0.29) is 17.5 Å². The maximum Gasteiger partial charge on any atom is 0.263 e. The Balaban J connectivity index is 1.36. The van der Waals surface area contributed by atoms with Crippen molar-refractivity contribution in [2.75, 3.05) is 31.1 Å². The molecule has 2 aromatic rings. The minimum absolute atomic E-state index is 0.144. The number of carbonyl (C=O) groups is 1. The molecule has 1 aliphatic heterocycles. The number of hydrogen-bond acceptors (Lipinski definition) is 4. The number of nitriles is 1. The summed E-state index contributed by atoms with van der Waals surface area (Å²) in [6.07, 6.45) is 6.42.